The molecule has 0 aliphatic carbocycles. The zero-order valence-electron chi connectivity index (χ0n) is 9.45. The second kappa shape index (κ2) is 3.59. The number of ketones is 1. The molecule has 0 saturated carbocycles. The van der Waals surface area contributed by atoms with Crippen molar-refractivity contribution in [2.75, 3.05) is 33.2 Å². The van der Waals surface area contributed by atoms with Crippen molar-refractivity contribution in [2.45, 2.75) is 19.8 Å². The van der Waals surface area contributed by atoms with E-state index in [-0.39, 0.29) is 18.1 Å². The molecule has 0 radical (unpaired) electrons. The number of nitrogens with zero attached hydrogens (tertiary/aromatic N) is 2. The van der Waals surface area contributed by atoms with E-state index in [0.717, 1.165) is 32.6 Å². The van der Waals surface area contributed by atoms with Crippen LogP contribution in [0.15, 0.2) is 0 Å². The predicted molar refractivity (Wildman–Crippen MR) is 56.4 cm³/mol. The number of hydrogen-bond acceptors (Lipinski definition) is 3. The Hall–Kier alpha value is -0.900. The molecule has 15 heavy (non-hydrogen) atoms. The molecule has 2 heterocycles. The summed E-state index contributed by atoms with van der Waals surface area (Å²) in [7, 11) is 2.10. The normalized spacial score (nSPS) is 24.3. The summed E-state index contributed by atoms with van der Waals surface area (Å²) in [4.78, 5) is 26.6. The topological polar surface area (TPSA) is 40.6 Å². The molecule has 0 aromatic heterocycles. The van der Waals surface area contributed by atoms with Gasteiger partial charge in [-0.15, -0.1) is 0 Å². The van der Waals surface area contributed by atoms with Gasteiger partial charge >= 0.3 is 0 Å². The van der Waals surface area contributed by atoms with Crippen molar-refractivity contribution in [1.29, 1.82) is 0 Å². The van der Waals surface area contributed by atoms with Gasteiger partial charge in [0.1, 0.15) is 5.78 Å². The zero-order valence-corrected chi connectivity index (χ0v) is 9.45. The maximum Gasteiger partial charge on any atom is 0.230 e. The molecule has 84 valence electrons. The van der Waals surface area contributed by atoms with Crippen LogP contribution in [0.2, 0.25) is 0 Å². The third-order valence-electron chi connectivity index (χ3n) is 3.40. The number of likely N-dealkylation sites (tertiary alicyclic amines) is 2. The third kappa shape index (κ3) is 2.04. The second-order valence-corrected chi connectivity index (χ2v) is 5.12. The van der Waals surface area contributed by atoms with Crippen molar-refractivity contribution in [3.05, 3.63) is 0 Å². The molecule has 0 aromatic rings. The van der Waals surface area contributed by atoms with Gasteiger partial charge in [0.2, 0.25) is 5.91 Å². The summed E-state index contributed by atoms with van der Waals surface area (Å²) in [6, 6.07) is 0. The number of amides is 1. The first-order valence-electron chi connectivity index (χ1n) is 5.47. The van der Waals surface area contributed by atoms with E-state index in [0.29, 0.717) is 5.41 Å². The summed E-state index contributed by atoms with van der Waals surface area (Å²) in [6.45, 7) is 5.35. The Morgan fingerprint density at radius 1 is 1.27 bits per heavy atom. The van der Waals surface area contributed by atoms with Gasteiger partial charge in [-0.2, -0.15) is 0 Å². The van der Waals surface area contributed by atoms with Crippen LogP contribution in [0.3, 0.4) is 0 Å². The predicted octanol–water partition coefficient (Wildman–Crippen LogP) is 0.130. The SMILES string of the molecule is CC(=O)CC(=O)N1CCC2(CN(C)C2)C1. The minimum Gasteiger partial charge on any atom is -0.342 e. The van der Waals surface area contributed by atoms with Gasteiger partial charge in [-0.3, -0.25) is 9.59 Å². The molecule has 2 rings (SSSR count). The highest BCUT2D eigenvalue weighted by Gasteiger charge is 2.47. The highest BCUT2D eigenvalue weighted by molar-refractivity contribution is 5.96. The fraction of sp³-hybridized carbons (Fsp3) is 0.818. The molecular formula is C11H18N2O2. The lowest BCUT2D eigenvalue weighted by molar-refractivity contribution is -0.134. The molecule has 2 saturated heterocycles. The Balaban J connectivity index is 1.87. The number of carbonyl (C=O) groups excluding carboxylic acids is 2. The summed E-state index contributed by atoms with van der Waals surface area (Å²) < 4.78 is 0. The molecule has 0 unspecified atom stereocenters. The molecule has 1 spiro atoms. The van der Waals surface area contributed by atoms with Crippen molar-refractivity contribution in [3.63, 3.8) is 0 Å². The molecule has 0 atom stereocenters. The lowest BCUT2D eigenvalue weighted by Gasteiger charge is -2.46. The Labute approximate surface area is 90.2 Å². The van der Waals surface area contributed by atoms with Crippen LogP contribution in [-0.2, 0) is 9.59 Å². The number of Topliss-reactive ketones (excluding diaryl/α,β-unsaturated/α-hetero) is 1. The van der Waals surface area contributed by atoms with Gasteiger partial charge in [0.15, 0.2) is 0 Å². The van der Waals surface area contributed by atoms with Gasteiger partial charge < -0.3 is 9.80 Å². The fourth-order valence-corrected chi connectivity index (χ4v) is 2.83. The molecule has 2 fully saturated rings. The van der Waals surface area contributed by atoms with Crippen LogP contribution in [-0.4, -0.2) is 54.7 Å². The van der Waals surface area contributed by atoms with Crippen LogP contribution in [0.5, 0.6) is 0 Å². The van der Waals surface area contributed by atoms with E-state index in [1.54, 1.807) is 0 Å². The first-order chi connectivity index (χ1) is 7.01. The van der Waals surface area contributed by atoms with Crippen LogP contribution < -0.4 is 0 Å². The van der Waals surface area contributed by atoms with Crippen molar-refractivity contribution in [1.82, 2.24) is 9.80 Å². The smallest absolute Gasteiger partial charge is 0.230 e. The summed E-state index contributed by atoms with van der Waals surface area (Å²) in [5.41, 5.74) is 0.348. The van der Waals surface area contributed by atoms with Crippen LogP contribution in [0.1, 0.15) is 19.8 Å². The van der Waals surface area contributed by atoms with E-state index in [4.69, 9.17) is 0 Å². The molecular weight excluding hydrogens is 192 g/mol. The van der Waals surface area contributed by atoms with Crippen LogP contribution >= 0.6 is 0 Å². The average Bonchev–Trinajstić information content (AvgIpc) is 2.47. The van der Waals surface area contributed by atoms with E-state index in [2.05, 4.69) is 11.9 Å². The average molecular weight is 210 g/mol. The van der Waals surface area contributed by atoms with E-state index in [9.17, 15) is 9.59 Å². The number of hydrogen-bond donors (Lipinski definition) is 0. The molecule has 2 aliphatic heterocycles. The van der Waals surface area contributed by atoms with Crippen LogP contribution in [0.4, 0.5) is 0 Å². The first-order valence-corrected chi connectivity index (χ1v) is 5.47. The van der Waals surface area contributed by atoms with E-state index in [1.165, 1.54) is 6.92 Å². The lowest BCUT2D eigenvalue weighted by Crippen LogP contribution is -2.55. The van der Waals surface area contributed by atoms with Crippen molar-refractivity contribution in [2.24, 2.45) is 5.41 Å². The van der Waals surface area contributed by atoms with Gasteiger partial charge in [-0.1, -0.05) is 0 Å². The van der Waals surface area contributed by atoms with Crippen LogP contribution in [0.25, 0.3) is 0 Å². The fourth-order valence-electron chi connectivity index (χ4n) is 2.83. The Kier molecular flexibility index (Phi) is 2.54. The van der Waals surface area contributed by atoms with Gasteiger partial charge in [-0.05, 0) is 20.4 Å². The molecule has 2 aliphatic rings. The van der Waals surface area contributed by atoms with Crippen LogP contribution in [0, 0.1) is 5.41 Å². The molecule has 4 nitrogen and oxygen atoms in total. The van der Waals surface area contributed by atoms with E-state index < -0.39 is 0 Å². The largest absolute Gasteiger partial charge is 0.342 e. The molecule has 1 amide bonds. The van der Waals surface area contributed by atoms with Crippen molar-refractivity contribution >= 4 is 11.7 Å². The molecule has 4 heteroatoms. The molecule has 0 aromatic carbocycles. The highest BCUT2D eigenvalue weighted by atomic mass is 16.2. The molecule has 0 N–H and O–H groups in total. The lowest BCUT2D eigenvalue weighted by atomic mass is 9.79. The first kappa shape index (κ1) is 10.6. The minimum absolute atomic E-state index is 0.00827. The highest BCUT2D eigenvalue weighted by Crippen LogP contribution is 2.38. The van der Waals surface area contributed by atoms with Gasteiger partial charge in [0, 0.05) is 31.6 Å². The van der Waals surface area contributed by atoms with Gasteiger partial charge in [0.25, 0.3) is 0 Å². The Morgan fingerprint density at radius 2 is 1.93 bits per heavy atom. The summed E-state index contributed by atoms with van der Waals surface area (Å²) in [5, 5.41) is 0. The Bertz CT molecular complexity index is 295. The second-order valence-electron chi connectivity index (χ2n) is 5.12. The zero-order chi connectivity index (χ0) is 11.1. The number of rotatable bonds is 2. The van der Waals surface area contributed by atoms with Crippen molar-refractivity contribution < 1.29 is 9.59 Å². The summed E-state index contributed by atoms with van der Waals surface area (Å²) in [5.74, 6) is -0.0272. The molecule has 0 bridgehead atoms. The van der Waals surface area contributed by atoms with Gasteiger partial charge in [-0.25, -0.2) is 0 Å². The summed E-state index contributed by atoms with van der Waals surface area (Å²) in [6.07, 6.45) is 1.17. The van der Waals surface area contributed by atoms with E-state index in [1.807, 2.05) is 4.90 Å². The quantitative estimate of drug-likeness (QED) is 0.608. The summed E-state index contributed by atoms with van der Waals surface area (Å²) >= 11 is 0. The maximum absolute atomic E-state index is 11.7. The standard InChI is InChI=1S/C11H18N2O2/c1-9(14)5-10(15)13-4-3-11(8-13)6-12(2)7-11/h3-8H2,1-2H3. The van der Waals surface area contributed by atoms with E-state index >= 15 is 0 Å². The monoisotopic (exact) mass is 210 g/mol. The van der Waals surface area contributed by atoms with Gasteiger partial charge in [0.05, 0.1) is 6.42 Å². The maximum atomic E-state index is 11.7. The number of carbonyl (C=O) groups is 2. The Morgan fingerprint density at radius 3 is 2.47 bits per heavy atom. The third-order valence-corrected chi connectivity index (χ3v) is 3.40. The van der Waals surface area contributed by atoms with Crippen molar-refractivity contribution in [3.8, 4) is 0 Å². The minimum atomic E-state index is -0.0355.